The summed E-state index contributed by atoms with van der Waals surface area (Å²) in [6, 6.07) is 12.8. The molecule has 4 nitrogen and oxygen atoms in total. The minimum atomic E-state index is -1.52. The largest absolute Gasteiger partial charge is 0.493 e. The molecule has 0 N–H and O–H groups in total. The minimum Gasteiger partial charge on any atom is -0.493 e. The van der Waals surface area contributed by atoms with E-state index in [4.69, 9.17) is 13.6 Å². The van der Waals surface area contributed by atoms with Gasteiger partial charge in [0.05, 0.1) is 14.2 Å². The van der Waals surface area contributed by atoms with Gasteiger partial charge >= 0.3 is 0 Å². The standard InChI is InChI=1S/C24H29NO3/c1-27-22-14-19-13-20(24(26)21(19)15-23(22)28-2)12-17-8-10-25(11-9-17)16-18-6-4-3-5-7-18/h3-7,14-15,17,20H,8-13,16H2,1-2H3/i16D2,20D. The van der Waals surface area contributed by atoms with E-state index >= 15 is 0 Å². The number of Topliss-reactive ketones (excluding diaryl/α,β-unsaturated/α-hetero) is 1. The Bertz CT molecular complexity index is 958. The number of rotatable bonds is 6. The molecule has 4 rings (SSSR count). The van der Waals surface area contributed by atoms with Crippen molar-refractivity contribution in [1.82, 2.24) is 4.90 Å². The number of carbonyl (C=O) groups excluding carboxylic acids is 1. The van der Waals surface area contributed by atoms with Gasteiger partial charge in [0.25, 0.3) is 0 Å². The van der Waals surface area contributed by atoms with E-state index in [1.54, 1.807) is 20.3 Å². The Morgan fingerprint density at radius 3 is 2.46 bits per heavy atom. The van der Waals surface area contributed by atoms with E-state index in [9.17, 15) is 4.79 Å². The highest BCUT2D eigenvalue weighted by atomic mass is 16.5. The SMILES string of the molecule is [2H]C1(CC2CCN(C([2H])([2H])c3ccccc3)CC2)Cc2cc(OC)c(OC)cc2C1=O. The summed E-state index contributed by atoms with van der Waals surface area (Å²) >= 11 is 0. The summed E-state index contributed by atoms with van der Waals surface area (Å²) in [7, 11) is 3.11. The normalized spacial score (nSPS) is 24.9. The number of ether oxygens (including phenoxy) is 2. The molecule has 1 saturated heterocycles. The predicted octanol–water partition coefficient (Wildman–Crippen LogP) is 4.36. The molecule has 2 aromatic rings. The fraction of sp³-hybridized carbons (Fsp3) is 0.458. The zero-order valence-corrected chi connectivity index (χ0v) is 16.5. The molecule has 0 saturated carbocycles. The number of hydrogen-bond acceptors (Lipinski definition) is 4. The monoisotopic (exact) mass is 382 g/mol. The van der Waals surface area contributed by atoms with Crippen LogP contribution in [-0.4, -0.2) is 38.0 Å². The molecule has 1 heterocycles. The third-order valence-electron chi connectivity index (χ3n) is 5.79. The predicted molar refractivity (Wildman–Crippen MR) is 110 cm³/mol. The fourth-order valence-electron chi connectivity index (χ4n) is 4.24. The van der Waals surface area contributed by atoms with Crippen molar-refractivity contribution in [3.05, 3.63) is 59.2 Å². The summed E-state index contributed by atoms with van der Waals surface area (Å²) in [6.45, 7) is -0.283. The lowest BCUT2D eigenvalue weighted by atomic mass is 9.85. The molecular weight excluding hydrogens is 350 g/mol. The van der Waals surface area contributed by atoms with Gasteiger partial charge in [-0.2, -0.15) is 0 Å². The van der Waals surface area contributed by atoms with E-state index < -0.39 is 12.4 Å². The zero-order valence-electron chi connectivity index (χ0n) is 19.5. The number of benzene rings is 2. The maximum Gasteiger partial charge on any atom is 0.166 e. The van der Waals surface area contributed by atoms with Crippen molar-refractivity contribution in [3.8, 4) is 11.5 Å². The van der Waals surface area contributed by atoms with Crippen molar-refractivity contribution in [2.24, 2.45) is 11.8 Å². The molecule has 1 aliphatic carbocycles. The Hall–Kier alpha value is -2.33. The van der Waals surface area contributed by atoms with E-state index in [2.05, 4.69) is 0 Å². The van der Waals surface area contributed by atoms with Gasteiger partial charge in [-0.15, -0.1) is 0 Å². The van der Waals surface area contributed by atoms with Crippen molar-refractivity contribution in [3.63, 3.8) is 0 Å². The molecule has 2 aliphatic rings. The van der Waals surface area contributed by atoms with Gasteiger partial charge in [-0.25, -0.2) is 0 Å². The summed E-state index contributed by atoms with van der Waals surface area (Å²) < 4.78 is 36.8. The first-order valence-corrected chi connectivity index (χ1v) is 9.89. The van der Waals surface area contributed by atoms with Gasteiger partial charge < -0.3 is 9.47 Å². The molecule has 1 fully saturated rings. The molecular formula is C24H29NO3. The zero-order chi connectivity index (χ0) is 22.2. The maximum atomic E-state index is 13.1. The van der Waals surface area contributed by atoms with Crippen molar-refractivity contribution >= 4 is 5.78 Å². The van der Waals surface area contributed by atoms with Gasteiger partial charge in [-0.1, -0.05) is 30.3 Å². The smallest absolute Gasteiger partial charge is 0.166 e. The first-order valence-electron chi connectivity index (χ1n) is 11.4. The second-order valence-electron chi connectivity index (χ2n) is 7.59. The van der Waals surface area contributed by atoms with Gasteiger partial charge in [0.15, 0.2) is 17.3 Å². The van der Waals surface area contributed by atoms with Crippen LogP contribution in [0.5, 0.6) is 11.5 Å². The molecule has 148 valence electrons. The molecule has 0 spiro atoms. The van der Waals surface area contributed by atoms with E-state index in [0.717, 1.165) is 18.4 Å². The molecule has 1 aliphatic heterocycles. The first kappa shape index (κ1) is 15.6. The molecule has 0 amide bonds. The summed E-state index contributed by atoms with van der Waals surface area (Å²) in [5.41, 5.74) is 2.07. The number of piperidine rings is 1. The average molecular weight is 383 g/mol. The quantitative estimate of drug-likeness (QED) is 0.744. The Morgan fingerprint density at radius 1 is 1.11 bits per heavy atom. The van der Waals surface area contributed by atoms with Crippen LogP contribution in [0, 0.1) is 11.8 Å². The van der Waals surface area contributed by atoms with E-state index in [0.29, 0.717) is 48.6 Å². The Morgan fingerprint density at radius 2 is 1.79 bits per heavy atom. The number of fused-ring (bicyclic) bond motifs is 1. The lowest BCUT2D eigenvalue weighted by Crippen LogP contribution is -2.34. The summed E-state index contributed by atoms with van der Waals surface area (Å²) in [6.07, 6.45) is 2.44. The first-order chi connectivity index (χ1) is 14.8. The number of hydrogen-bond donors (Lipinski definition) is 0. The van der Waals surface area contributed by atoms with Crippen LogP contribution in [0.3, 0.4) is 0 Å². The average Bonchev–Trinajstić information content (AvgIpc) is 3.02. The van der Waals surface area contributed by atoms with Gasteiger partial charge in [-0.3, -0.25) is 9.69 Å². The van der Waals surface area contributed by atoms with Crippen LogP contribution in [0.2, 0.25) is 0 Å². The maximum absolute atomic E-state index is 13.1. The van der Waals surface area contributed by atoms with Crippen molar-refractivity contribution in [1.29, 1.82) is 0 Å². The molecule has 0 aromatic heterocycles. The Balaban J connectivity index is 1.43. The molecule has 28 heavy (non-hydrogen) atoms. The minimum absolute atomic E-state index is 0.148. The summed E-state index contributed by atoms with van der Waals surface area (Å²) in [5, 5.41) is 0. The Kier molecular flexibility index (Phi) is 4.65. The van der Waals surface area contributed by atoms with Crippen LogP contribution in [0.4, 0.5) is 0 Å². The third kappa shape index (κ3) is 3.93. The second-order valence-corrected chi connectivity index (χ2v) is 7.59. The van der Waals surface area contributed by atoms with E-state index in [-0.39, 0.29) is 11.7 Å². The number of likely N-dealkylation sites (tertiary alicyclic amines) is 1. The lowest BCUT2D eigenvalue weighted by Gasteiger charge is -2.32. The highest BCUT2D eigenvalue weighted by molar-refractivity contribution is 6.02. The summed E-state index contributed by atoms with van der Waals surface area (Å²) in [5.74, 6) is -0.0109. The highest BCUT2D eigenvalue weighted by Crippen LogP contribution is 2.39. The van der Waals surface area contributed by atoms with Gasteiger partial charge in [-0.05, 0) is 68.0 Å². The molecule has 0 radical (unpaired) electrons. The molecule has 2 aromatic carbocycles. The van der Waals surface area contributed by atoms with Crippen LogP contribution in [0.25, 0.3) is 0 Å². The van der Waals surface area contributed by atoms with Crippen LogP contribution in [0.15, 0.2) is 42.5 Å². The second kappa shape index (κ2) is 8.36. The molecule has 4 heteroatoms. The van der Waals surface area contributed by atoms with E-state index in [1.165, 1.54) is 0 Å². The topological polar surface area (TPSA) is 38.8 Å². The van der Waals surface area contributed by atoms with Crippen molar-refractivity contribution in [2.75, 3.05) is 27.3 Å². The van der Waals surface area contributed by atoms with Crippen molar-refractivity contribution in [2.45, 2.75) is 32.2 Å². The third-order valence-corrected chi connectivity index (χ3v) is 5.79. The number of methoxy groups -OCH3 is 2. The van der Waals surface area contributed by atoms with Crippen LogP contribution in [-0.2, 0) is 12.9 Å². The molecule has 0 bridgehead atoms. The van der Waals surface area contributed by atoms with Crippen LogP contribution >= 0.6 is 0 Å². The van der Waals surface area contributed by atoms with E-state index in [1.807, 2.05) is 41.3 Å². The number of nitrogens with zero attached hydrogens (tertiary/aromatic N) is 1. The lowest BCUT2D eigenvalue weighted by molar-refractivity contribution is 0.0895. The number of ketones is 1. The van der Waals surface area contributed by atoms with Gasteiger partial charge in [0, 0.05) is 22.1 Å². The number of carbonyl (C=O) groups is 1. The Labute approximate surface area is 171 Å². The van der Waals surface area contributed by atoms with Crippen LogP contribution < -0.4 is 9.47 Å². The van der Waals surface area contributed by atoms with Gasteiger partial charge in [0.1, 0.15) is 0 Å². The van der Waals surface area contributed by atoms with Crippen LogP contribution in [0.1, 0.15) is 44.9 Å². The molecule has 1 atom stereocenters. The van der Waals surface area contributed by atoms with Crippen molar-refractivity contribution < 1.29 is 18.4 Å². The summed E-state index contributed by atoms with van der Waals surface area (Å²) in [4.78, 5) is 15.0. The highest BCUT2D eigenvalue weighted by Gasteiger charge is 2.34. The van der Waals surface area contributed by atoms with Gasteiger partial charge in [0.2, 0.25) is 0 Å². The molecule has 1 unspecified atom stereocenters. The fourth-order valence-corrected chi connectivity index (χ4v) is 4.24.